The zero-order chi connectivity index (χ0) is 15.0. The van der Waals surface area contributed by atoms with Crippen molar-refractivity contribution in [1.29, 1.82) is 0 Å². The lowest BCUT2D eigenvalue weighted by Crippen LogP contribution is -2.53. The minimum atomic E-state index is -3.15. The van der Waals surface area contributed by atoms with Crippen molar-refractivity contribution >= 4 is 21.8 Å². The van der Waals surface area contributed by atoms with E-state index in [0.717, 1.165) is 12.8 Å². The summed E-state index contributed by atoms with van der Waals surface area (Å²) in [6.45, 7) is 3.82. The first kappa shape index (κ1) is 15.3. The van der Waals surface area contributed by atoms with Crippen molar-refractivity contribution < 1.29 is 18.0 Å². The van der Waals surface area contributed by atoms with Crippen molar-refractivity contribution in [3.05, 3.63) is 0 Å². The first-order valence-electron chi connectivity index (χ1n) is 7.14. The van der Waals surface area contributed by atoms with Crippen molar-refractivity contribution in [2.75, 3.05) is 18.1 Å². The van der Waals surface area contributed by atoms with E-state index in [2.05, 4.69) is 12.2 Å². The first-order chi connectivity index (χ1) is 9.31. The van der Waals surface area contributed by atoms with Gasteiger partial charge in [-0.3, -0.25) is 10.1 Å². The Morgan fingerprint density at radius 1 is 1.30 bits per heavy atom. The van der Waals surface area contributed by atoms with E-state index in [4.69, 9.17) is 0 Å². The monoisotopic (exact) mass is 302 g/mol. The zero-order valence-electron chi connectivity index (χ0n) is 12.0. The van der Waals surface area contributed by atoms with Gasteiger partial charge in [0.25, 0.3) is 5.91 Å². The highest BCUT2D eigenvalue weighted by atomic mass is 32.2. The number of hydrogen-bond donors (Lipinski definition) is 1. The van der Waals surface area contributed by atoms with Crippen LogP contribution in [0.25, 0.3) is 0 Å². The van der Waals surface area contributed by atoms with E-state index in [1.54, 1.807) is 6.92 Å². The van der Waals surface area contributed by atoms with E-state index in [1.165, 1.54) is 4.90 Å². The van der Waals surface area contributed by atoms with Crippen LogP contribution in [0.4, 0.5) is 4.79 Å². The highest BCUT2D eigenvalue weighted by molar-refractivity contribution is 7.91. The van der Waals surface area contributed by atoms with Crippen LogP contribution >= 0.6 is 0 Å². The smallest absolute Gasteiger partial charge is 0.309 e. The maximum Gasteiger partial charge on any atom is 0.325 e. The first-order valence-corrected chi connectivity index (χ1v) is 8.96. The van der Waals surface area contributed by atoms with Gasteiger partial charge in [0.05, 0.1) is 5.75 Å². The zero-order valence-corrected chi connectivity index (χ0v) is 12.8. The summed E-state index contributed by atoms with van der Waals surface area (Å²) in [5, 5.41) is 2.35. The molecule has 0 radical (unpaired) electrons. The minimum absolute atomic E-state index is 0.0560. The molecule has 0 atom stereocenters. The fourth-order valence-corrected chi connectivity index (χ4v) is 3.77. The largest absolute Gasteiger partial charge is 0.325 e. The van der Waals surface area contributed by atoms with Crippen LogP contribution in [0.1, 0.15) is 39.5 Å². The van der Waals surface area contributed by atoms with E-state index in [-0.39, 0.29) is 24.0 Å². The summed E-state index contributed by atoms with van der Waals surface area (Å²) in [5.41, 5.74) is -0.813. The van der Waals surface area contributed by atoms with Gasteiger partial charge in [-0.15, -0.1) is 0 Å². The molecular formula is C13H22N2O4S. The topological polar surface area (TPSA) is 83.6 Å². The number of rotatable bonds is 4. The Kier molecular flexibility index (Phi) is 4.09. The van der Waals surface area contributed by atoms with Gasteiger partial charge >= 0.3 is 6.03 Å². The molecule has 1 saturated heterocycles. The molecule has 1 spiro atoms. The molecule has 1 aliphatic carbocycles. The van der Waals surface area contributed by atoms with Gasteiger partial charge < -0.3 is 4.90 Å². The second-order valence-corrected chi connectivity index (χ2v) is 8.33. The quantitative estimate of drug-likeness (QED) is 0.783. The summed E-state index contributed by atoms with van der Waals surface area (Å²) in [7, 11) is -3.15. The lowest BCUT2D eigenvalue weighted by atomic mass is 9.76. The molecule has 3 amide bonds. The third kappa shape index (κ3) is 2.68. The minimum Gasteiger partial charge on any atom is -0.309 e. The molecule has 0 bridgehead atoms. The summed E-state index contributed by atoms with van der Waals surface area (Å²) in [6, 6.07) is -0.448. The van der Waals surface area contributed by atoms with Crippen LogP contribution in [0.5, 0.6) is 0 Å². The van der Waals surface area contributed by atoms with Crippen molar-refractivity contribution in [2.24, 2.45) is 5.92 Å². The molecule has 6 nitrogen and oxygen atoms in total. The van der Waals surface area contributed by atoms with Gasteiger partial charge in [0.2, 0.25) is 0 Å². The third-order valence-corrected chi connectivity index (χ3v) is 6.26. The summed E-state index contributed by atoms with van der Waals surface area (Å²) in [5.74, 6) is 0.260. The maximum atomic E-state index is 12.1. The lowest BCUT2D eigenvalue weighted by Gasteiger charge is -2.40. The van der Waals surface area contributed by atoms with Crippen LogP contribution in [0.2, 0.25) is 0 Å². The molecule has 0 aromatic carbocycles. The van der Waals surface area contributed by atoms with E-state index in [1.807, 2.05) is 0 Å². The number of hydrogen-bond acceptors (Lipinski definition) is 4. The van der Waals surface area contributed by atoms with E-state index in [0.29, 0.717) is 18.8 Å². The Morgan fingerprint density at radius 2 is 1.90 bits per heavy atom. The molecule has 1 N–H and O–H groups in total. The van der Waals surface area contributed by atoms with Gasteiger partial charge in [-0.2, -0.15) is 0 Å². The fraction of sp³-hybridized carbons (Fsp3) is 0.846. The molecule has 2 rings (SSSR count). The Bertz CT molecular complexity index is 506. The number of urea groups is 1. The molecule has 20 heavy (non-hydrogen) atoms. The van der Waals surface area contributed by atoms with Crippen LogP contribution in [0.3, 0.4) is 0 Å². The molecule has 114 valence electrons. The van der Waals surface area contributed by atoms with E-state index < -0.39 is 21.4 Å². The number of nitrogens with one attached hydrogen (secondary N) is 1. The van der Waals surface area contributed by atoms with Crippen LogP contribution in [0.15, 0.2) is 0 Å². The molecule has 2 aliphatic rings. The van der Waals surface area contributed by atoms with Crippen molar-refractivity contribution in [3.8, 4) is 0 Å². The van der Waals surface area contributed by atoms with Crippen molar-refractivity contribution in [1.82, 2.24) is 10.2 Å². The number of sulfone groups is 1. The highest BCUT2D eigenvalue weighted by Crippen LogP contribution is 2.39. The predicted molar refractivity (Wildman–Crippen MR) is 74.9 cm³/mol. The summed E-state index contributed by atoms with van der Waals surface area (Å²) in [6.07, 6.45) is 3.02. The molecule has 7 heteroatoms. The Balaban J connectivity index is 2.16. The van der Waals surface area contributed by atoms with Crippen LogP contribution < -0.4 is 5.32 Å². The second kappa shape index (κ2) is 5.35. The van der Waals surface area contributed by atoms with Crippen molar-refractivity contribution in [2.45, 2.75) is 45.1 Å². The summed E-state index contributed by atoms with van der Waals surface area (Å²) in [4.78, 5) is 25.5. The Labute approximate surface area is 119 Å². The predicted octanol–water partition coefficient (Wildman–Crippen LogP) is 0.922. The number of imide groups is 1. The number of carbonyl (C=O) groups excluding carboxylic acids is 2. The van der Waals surface area contributed by atoms with Gasteiger partial charge in [-0.1, -0.05) is 13.8 Å². The van der Waals surface area contributed by atoms with Crippen LogP contribution in [-0.2, 0) is 14.6 Å². The van der Waals surface area contributed by atoms with Gasteiger partial charge in [0.15, 0.2) is 9.84 Å². The second-order valence-electron chi connectivity index (χ2n) is 5.86. The van der Waals surface area contributed by atoms with Gasteiger partial charge in [-0.25, -0.2) is 13.2 Å². The number of carbonyl (C=O) groups is 2. The van der Waals surface area contributed by atoms with Gasteiger partial charge in [0.1, 0.15) is 5.54 Å². The molecule has 0 unspecified atom stereocenters. The molecule has 1 aliphatic heterocycles. The van der Waals surface area contributed by atoms with Gasteiger partial charge in [0, 0.05) is 12.3 Å². The Morgan fingerprint density at radius 3 is 2.45 bits per heavy atom. The fourth-order valence-electron chi connectivity index (χ4n) is 3.02. The highest BCUT2D eigenvalue weighted by Gasteiger charge is 2.53. The average Bonchev–Trinajstić information content (AvgIpc) is 2.62. The van der Waals surface area contributed by atoms with Crippen LogP contribution in [0, 0.1) is 5.92 Å². The molecule has 1 saturated carbocycles. The van der Waals surface area contributed by atoms with Gasteiger partial charge in [-0.05, 0) is 31.6 Å². The third-order valence-electron chi connectivity index (χ3n) is 4.57. The summed E-state index contributed by atoms with van der Waals surface area (Å²) >= 11 is 0. The standard InChI is InChI=1S/C13H22N2O4S/c1-3-20(18,19)9-8-15-12(17)14-11(16)13(15)6-4-10(2)5-7-13/h10H,3-9H2,1-2H3,(H,14,16,17). The molecule has 1 heterocycles. The average molecular weight is 302 g/mol. The Hall–Kier alpha value is -1.11. The maximum absolute atomic E-state index is 12.1. The normalized spacial score (nSPS) is 30.9. The molecule has 0 aromatic rings. The summed E-state index contributed by atoms with van der Waals surface area (Å²) < 4.78 is 23.2. The lowest BCUT2D eigenvalue weighted by molar-refractivity contribution is -0.128. The SMILES string of the molecule is CCS(=O)(=O)CCN1C(=O)NC(=O)C12CCC(C)CC2. The van der Waals surface area contributed by atoms with E-state index >= 15 is 0 Å². The molecule has 2 fully saturated rings. The molecular weight excluding hydrogens is 280 g/mol. The van der Waals surface area contributed by atoms with Crippen molar-refractivity contribution in [3.63, 3.8) is 0 Å². The van der Waals surface area contributed by atoms with E-state index in [9.17, 15) is 18.0 Å². The number of amides is 3. The molecule has 0 aromatic heterocycles. The van der Waals surface area contributed by atoms with Crippen LogP contribution in [-0.4, -0.2) is 48.8 Å². The number of nitrogens with zero attached hydrogens (tertiary/aromatic N) is 1.